The van der Waals surface area contributed by atoms with Gasteiger partial charge in [-0.3, -0.25) is 0 Å². The molecule has 0 bridgehead atoms. The van der Waals surface area contributed by atoms with Gasteiger partial charge in [0.1, 0.15) is 5.52 Å². The molecule has 0 amide bonds. The number of likely N-dealkylation sites (N-methyl/N-ethyl adjacent to an activating group) is 1. The fourth-order valence-electron chi connectivity index (χ4n) is 3.69. The molecular weight excluding hydrogens is 372 g/mol. The van der Waals surface area contributed by atoms with Crippen molar-refractivity contribution in [2.24, 2.45) is 0 Å². The molecule has 150 valence electrons. The molecule has 0 aliphatic heterocycles. The van der Waals surface area contributed by atoms with Crippen molar-refractivity contribution in [2.75, 3.05) is 26.0 Å². The van der Waals surface area contributed by atoms with Crippen LogP contribution in [-0.4, -0.2) is 35.1 Å². The van der Waals surface area contributed by atoms with Crippen LogP contribution in [0.2, 0.25) is 0 Å². The number of nitrogens with one attached hydrogen (secondary N) is 1. The summed E-state index contributed by atoms with van der Waals surface area (Å²) >= 11 is 0. The summed E-state index contributed by atoms with van der Waals surface area (Å²) in [5.41, 5.74) is 6.13. The fraction of sp³-hybridized carbons (Fsp3) is 0.160. The zero-order valence-electron chi connectivity index (χ0n) is 17.2. The van der Waals surface area contributed by atoms with Gasteiger partial charge in [-0.1, -0.05) is 30.3 Å². The molecule has 5 nitrogen and oxygen atoms in total. The third-order valence-corrected chi connectivity index (χ3v) is 5.31. The molecular formula is C25H24N4O. The van der Waals surface area contributed by atoms with E-state index in [0.717, 1.165) is 35.4 Å². The highest BCUT2D eigenvalue weighted by atomic mass is 16.4. The average Bonchev–Trinajstić information content (AvgIpc) is 3.35. The Morgan fingerprint density at radius 3 is 2.57 bits per heavy atom. The lowest BCUT2D eigenvalue weighted by molar-refractivity contribution is 0.387. The second-order valence-corrected chi connectivity index (χ2v) is 7.78. The van der Waals surface area contributed by atoms with Gasteiger partial charge < -0.3 is 19.2 Å². The van der Waals surface area contributed by atoms with E-state index in [1.54, 1.807) is 0 Å². The largest absolute Gasteiger partial charge is 0.423 e. The number of nitrogens with zero attached hydrogens (tertiary/aromatic N) is 3. The topological polar surface area (TPSA) is 46.2 Å². The number of fused-ring (bicyclic) bond motifs is 2. The van der Waals surface area contributed by atoms with Gasteiger partial charge in [0.2, 0.25) is 0 Å². The predicted molar refractivity (Wildman–Crippen MR) is 123 cm³/mol. The second-order valence-electron chi connectivity index (χ2n) is 7.78. The number of para-hydroxylation sites is 1. The highest BCUT2D eigenvalue weighted by Gasteiger charge is 2.09. The van der Waals surface area contributed by atoms with Gasteiger partial charge in [0.15, 0.2) is 5.58 Å². The number of oxazole rings is 1. The summed E-state index contributed by atoms with van der Waals surface area (Å²) in [5, 5.41) is 4.46. The molecule has 5 rings (SSSR count). The number of aromatic nitrogens is 2. The van der Waals surface area contributed by atoms with Crippen molar-refractivity contribution in [1.29, 1.82) is 0 Å². The van der Waals surface area contributed by atoms with Crippen molar-refractivity contribution in [1.82, 2.24) is 14.5 Å². The van der Waals surface area contributed by atoms with Crippen LogP contribution in [0.25, 0.3) is 33.1 Å². The van der Waals surface area contributed by atoms with E-state index in [9.17, 15) is 0 Å². The van der Waals surface area contributed by atoms with Crippen molar-refractivity contribution in [3.05, 3.63) is 79.0 Å². The first-order valence-corrected chi connectivity index (χ1v) is 10.1. The number of hydrogen-bond acceptors (Lipinski definition) is 4. The van der Waals surface area contributed by atoms with Crippen LogP contribution in [0.3, 0.4) is 0 Å². The van der Waals surface area contributed by atoms with Crippen LogP contribution in [0.1, 0.15) is 0 Å². The van der Waals surface area contributed by atoms with Crippen LogP contribution in [0.5, 0.6) is 0 Å². The minimum Gasteiger partial charge on any atom is -0.423 e. The first-order valence-electron chi connectivity index (χ1n) is 10.1. The summed E-state index contributed by atoms with van der Waals surface area (Å²) in [6.07, 6.45) is 2.17. The predicted octanol–water partition coefficient (Wildman–Crippen LogP) is 5.75. The Kier molecular flexibility index (Phi) is 4.73. The Morgan fingerprint density at radius 1 is 0.933 bits per heavy atom. The van der Waals surface area contributed by atoms with Crippen LogP contribution in [0.15, 0.2) is 83.4 Å². The van der Waals surface area contributed by atoms with Gasteiger partial charge in [0, 0.05) is 35.9 Å². The molecule has 0 atom stereocenters. The van der Waals surface area contributed by atoms with E-state index in [2.05, 4.69) is 76.5 Å². The molecule has 2 aromatic heterocycles. The third kappa shape index (κ3) is 3.67. The van der Waals surface area contributed by atoms with Gasteiger partial charge in [-0.05, 0) is 67.7 Å². The number of rotatable bonds is 6. The average molecular weight is 396 g/mol. The smallest absolute Gasteiger partial charge is 0.300 e. The molecule has 2 heterocycles. The van der Waals surface area contributed by atoms with E-state index in [1.807, 2.05) is 36.4 Å². The summed E-state index contributed by atoms with van der Waals surface area (Å²) in [6.45, 7) is 2.01. The molecule has 0 spiro atoms. The number of benzene rings is 3. The zero-order chi connectivity index (χ0) is 20.5. The van der Waals surface area contributed by atoms with Crippen molar-refractivity contribution in [3.8, 4) is 11.1 Å². The summed E-state index contributed by atoms with van der Waals surface area (Å²) in [5.74, 6) is 0. The lowest BCUT2D eigenvalue weighted by Crippen LogP contribution is -2.17. The molecule has 1 N–H and O–H groups in total. The van der Waals surface area contributed by atoms with Crippen LogP contribution in [-0.2, 0) is 6.54 Å². The Hall–Kier alpha value is -3.57. The zero-order valence-corrected chi connectivity index (χ0v) is 17.2. The molecule has 0 radical (unpaired) electrons. The molecule has 0 fully saturated rings. The van der Waals surface area contributed by atoms with E-state index in [1.165, 1.54) is 16.5 Å². The number of anilines is 2. The molecule has 0 unspecified atom stereocenters. The SMILES string of the molecule is CN(C)CCn1ccc2cc(-c3ccc4oc(Nc5ccccc5)nc4c3)ccc21. The lowest BCUT2D eigenvalue weighted by Gasteiger charge is -2.11. The summed E-state index contributed by atoms with van der Waals surface area (Å²) in [4.78, 5) is 6.82. The molecule has 5 heteroatoms. The van der Waals surface area contributed by atoms with E-state index < -0.39 is 0 Å². The van der Waals surface area contributed by atoms with Gasteiger partial charge in [0.05, 0.1) is 0 Å². The quantitative estimate of drug-likeness (QED) is 0.397. The van der Waals surface area contributed by atoms with Crippen LogP contribution in [0.4, 0.5) is 11.7 Å². The van der Waals surface area contributed by atoms with Crippen molar-refractivity contribution < 1.29 is 4.42 Å². The number of hydrogen-bond donors (Lipinski definition) is 1. The van der Waals surface area contributed by atoms with Crippen molar-refractivity contribution in [2.45, 2.75) is 6.54 Å². The minimum atomic E-state index is 0.502. The molecule has 0 aliphatic carbocycles. The summed E-state index contributed by atoms with van der Waals surface area (Å²) in [7, 11) is 4.20. The van der Waals surface area contributed by atoms with Gasteiger partial charge in [0.25, 0.3) is 6.01 Å². The van der Waals surface area contributed by atoms with E-state index in [4.69, 9.17) is 4.42 Å². The Morgan fingerprint density at radius 2 is 1.73 bits per heavy atom. The maximum atomic E-state index is 5.85. The molecule has 0 saturated carbocycles. The van der Waals surface area contributed by atoms with Crippen LogP contribution in [0, 0.1) is 0 Å². The van der Waals surface area contributed by atoms with Crippen LogP contribution >= 0.6 is 0 Å². The lowest BCUT2D eigenvalue weighted by atomic mass is 10.0. The highest BCUT2D eigenvalue weighted by molar-refractivity contribution is 5.88. The standard InChI is InChI=1S/C25H24N4O/c1-28(2)14-15-29-13-12-20-16-18(8-10-23(20)29)19-9-11-24-22(17-19)27-25(30-24)26-21-6-4-3-5-7-21/h3-13,16-17H,14-15H2,1-2H3,(H,26,27). The first kappa shape index (κ1) is 18.5. The summed E-state index contributed by atoms with van der Waals surface area (Å²) in [6, 6.07) is 25.4. The normalized spacial score (nSPS) is 11.6. The maximum absolute atomic E-state index is 5.85. The Balaban J connectivity index is 1.43. The van der Waals surface area contributed by atoms with E-state index in [-0.39, 0.29) is 0 Å². The van der Waals surface area contributed by atoms with Gasteiger partial charge in [-0.25, -0.2) is 0 Å². The first-order chi connectivity index (χ1) is 14.7. The van der Waals surface area contributed by atoms with E-state index >= 15 is 0 Å². The molecule has 5 aromatic rings. The van der Waals surface area contributed by atoms with Crippen molar-refractivity contribution in [3.63, 3.8) is 0 Å². The Bertz CT molecular complexity index is 1300. The van der Waals surface area contributed by atoms with Gasteiger partial charge in [-0.2, -0.15) is 4.98 Å². The molecule has 0 saturated heterocycles. The Labute approximate surface area is 175 Å². The van der Waals surface area contributed by atoms with E-state index in [0.29, 0.717) is 6.01 Å². The third-order valence-electron chi connectivity index (χ3n) is 5.31. The fourth-order valence-corrected chi connectivity index (χ4v) is 3.69. The molecule has 30 heavy (non-hydrogen) atoms. The minimum absolute atomic E-state index is 0.502. The van der Waals surface area contributed by atoms with Gasteiger partial charge >= 0.3 is 0 Å². The summed E-state index contributed by atoms with van der Waals surface area (Å²) < 4.78 is 8.16. The molecule has 3 aromatic carbocycles. The monoisotopic (exact) mass is 396 g/mol. The van der Waals surface area contributed by atoms with Crippen LogP contribution < -0.4 is 5.32 Å². The molecule has 0 aliphatic rings. The maximum Gasteiger partial charge on any atom is 0.300 e. The van der Waals surface area contributed by atoms with Gasteiger partial charge in [-0.15, -0.1) is 0 Å². The van der Waals surface area contributed by atoms with Crippen molar-refractivity contribution >= 4 is 33.7 Å². The highest BCUT2D eigenvalue weighted by Crippen LogP contribution is 2.29. The second kappa shape index (κ2) is 7.69.